The van der Waals surface area contributed by atoms with E-state index in [1.807, 2.05) is 0 Å². The number of aliphatic hydroxyl groups is 4. The number of carbonyl (C=O) groups excluding carboxylic acids is 2. The van der Waals surface area contributed by atoms with Crippen LogP contribution in [0.5, 0.6) is 0 Å². The van der Waals surface area contributed by atoms with E-state index in [1.54, 1.807) is 0 Å². The van der Waals surface area contributed by atoms with Crippen LogP contribution in [-0.4, -0.2) is 50.7 Å². The molecule has 14 heavy (non-hydrogen) atoms. The van der Waals surface area contributed by atoms with Crippen molar-refractivity contribution in [1.82, 2.24) is 0 Å². The molecule has 0 aromatic carbocycles. The van der Waals surface area contributed by atoms with E-state index < -0.39 is 36.7 Å². The fourth-order valence-corrected chi connectivity index (χ4v) is 0.846. The lowest BCUT2D eigenvalue weighted by Crippen LogP contribution is -2.57. The molecule has 1 aliphatic heterocycles. The van der Waals surface area contributed by atoms with Crippen molar-refractivity contribution in [3.8, 4) is 0 Å². The lowest BCUT2D eigenvalue weighted by molar-refractivity contribution is -0.390. The molecule has 0 amide bonds. The third-order valence-electron chi connectivity index (χ3n) is 1.46. The molecule has 1 aliphatic rings. The molecule has 8 nitrogen and oxygen atoms in total. The molecule has 1 rings (SSSR count). The number of hydrogen-bond donors (Lipinski definition) is 4. The Morgan fingerprint density at radius 2 is 1.57 bits per heavy atom. The van der Waals surface area contributed by atoms with E-state index in [1.165, 1.54) is 0 Å². The highest BCUT2D eigenvalue weighted by molar-refractivity contribution is 5.92. The zero-order valence-electron chi connectivity index (χ0n) is 6.78. The van der Waals surface area contributed by atoms with Crippen LogP contribution in [0.3, 0.4) is 0 Å². The number of cyclic esters (lactones) is 2. The summed E-state index contributed by atoms with van der Waals surface area (Å²) in [6, 6.07) is 0. The summed E-state index contributed by atoms with van der Waals surface area (Å²) >= 11 is 0. The van der Waals surface area contributed by atoms with Gasteiger partial charge in [0.25, 0.3) is 0 Å². The zero-order valence-corrected chi connectivity index (χ0v) is 6.78. The van der Waals surface area contributed by atoms with Crippen molar-refractivity contribution in [2.45, 2.75) is 24.8 Å². The first kappa shape index (κ1) is 10.9. The van der Waals surface area contributed by atoms with Crippen LogP contribution < -0.4 is 0 Å². The quantitative estimate of drug-likeness (QED) is 0.212. The minimum Gasteiger partial charge on any atom is -0.395 e. The Labute approximate surface area is 77.3 Å². The van der Waals surface area contributed by atoms with Crippen LogP contribution in [0.15, 0.2) is 0 Å². The van der Waals surface area contributed by atoms with Gasteiger partial charge in [0.2, 0.25) is 6.10 Å². The van der Waals surface area contributed by atoms with Crippen LogP contribution in [0.25, 0.3) is 0 Å². The van der Waals surface area contributed by atoms with Crippen LogP contribution in [0, 0.1) is 0 Å². The van der Waals surface area contributed by atoms with Gasteiger partial charge in [-0.1, -0.05) is 0 Å². The number of ether oxygens (including phenoxy) is 2. The molecule has 4 N–H and O–H groups in total. The van der Waals surface area contributed by atoms with Crippen LogP contribution in [0.4, 0.5) is 0 Å². The molecule has 1 saturated heterocycles. The molecule has 0 aromatic rings. The Hall–Kier alpha value is -1.22. The van der Waals surface area contributed by atoms with Gasteiger partial charge in [-0.05, 0) is 0 Å². The van der Waals surface area contributed by atoms with Gasteiger partial charge in [0.05, 0.1) is 0 Å². The van der Waals surface area contributed by atoms with E-state index in [4.69, 9.17) is 15.3 Å². The minimum atomic E-state index is -3.04. The maximum Gasteiger partial charge on any atom is 0.406 e. The van der Waals surface area contributed by atoms with Crippen molar-refractivity contribution in [2.75, 3.05) is 0 Å². The molecular weight excluding hydrogens is 200 g/mol. The minimum absolute atomic E-state index is 0.712. The highest BCUT2D eigenvalue weighted by atomic mass is 16.9. The van der Waals surface area contributed by atoms with E-state index in [0.29, 0.717) is 0 Å². The number of esters is 2. The van der Waals surface area contributed by atoms with E-state index in [-0.39, 0.29) is 0 Å². The van der Waals surface area contributed by atoms with Gasteiger partial charge < -0.3 is 29.9 Å². The monoisotopic (exact) mass is 208 g/mol. The maximum absolute atomic E-state index is 10.7. The van der Waals surface area contributed by atoms with E-state index in [0.717, 1.165) is 0 Å². The summed E-state index contributed by atoms with van der Waals surface area (Å²) in [7, 11) is 0. The largest absolute Gasteiger partial charge is 0.406 e. The Kier molecular flexibility index (Phi) is 2.71. The molecule has 0 spiro atoms. The third-order valence-corrected chi connectivity index (χ3v) is 1.46. The van der Waals surface area contributed by atoms with Gasteiger partial charge in [-0.15, -0.1) is 0 Å². The molecule has 0 aliphatic carbocycles. The van der Waals surface area contributed by atoms with E-state index >= 15 is 0 Å². The lowest BCUT2D eigenvalue weighted by atomic mass is 10.2. The molecule has 0 aromatic heterocycles. The SMILES string of the molecule is O=C1CC(=O)OC(O)(C(O)C(O)O)O1. The summed E-state index contributed by atoms with van der Waals surface area (Å²) in [4.78, 5) is 21.3. The molecule has 1 atom stereocenters. The van der Waals surface area contributed by atoms with Crippen LogP contribution in [-0.2, 0) is 19.1 Å². The van der Waals surface area contributed by atoms with Crippen molar-refractivity contribution < 1.29 is 39.5 Å². The summed E-state index contributed by atoms with van der Waals surface area (Å²) in [5.74, 6) is -5.31. The third kappa shape index (κ3) is 1.99. The van der Waals surface area contributed by atoms with Crippen molar-refractivity contribution in [1.29, 1.82) is 0 Å². The van der Waals surface area contributed by atoms with Gasteiger partial charge >= 0.3 is 17.9 Å². The average molecular weight is 208 g/mol. The Bertz CT molecular complexity index is 243. The maximum atomic E-state index is 10.7. The summed E-state index contributed by atoms with van der Waals surface area (Å²) in [5.41, 5.74) is 0. The standard InChI is InChI=1S/C6H8O8/c7-2-1-3(8)14-6(12,13-2)4(9)5(10)11/h4-5,9-12H,1H2. The molecule has 0 bridgehead atoms. The lowest BCUT2D eigenvalue weighted by Gasteiger charge is -2.33. The van der Waals surface area contributed by atoms with Gasteiger partial charge in [0.1, 0.15) is 6.42 Å². The van der Waals surface area contributed by atoms with Gasteiger partial charge in [-0.2, -0.15) is 0 Å². The highest BCUT2D eigenvalue weighted by Gasteiger charge is 2.51. The summed E-state index contributed by atoms with van der Waals surface area (Å²) in [6.07, 6.45) is -5.48. The van der Waals surface area contributed by atoms with Crippen molar-refractivity contribution in [2.24, 2.45) is 0 Å². The van der Waals surface area contributed by atoms with E-state index in [2.05, 4.69) is 9.47 Å². The first-order valence-electron chi connectivity index (χ1n) is 3.55. The second kappa shape index (κ2) is 3.50. The molecule has 1 heterocycles. The second-order valence-electron chi connectivity index (χ2n) is 2.61. The van der Waals surface area contributed by atoms with Crippen molar-refractivity contribution >= 4 is 11.9 Å². The molecule has 1 unspecified atom stereocenters. The second-order valence-corrected chi connectivity index (χ2v) is 2.61. The molecule has 80 valence electrons. The first-order valence-corrected chi connectivity index (χ1v) is 3.55. The predicted octanol–water partition coefficient (Wildman–Crippen LogP) is -3.21. The highest BCUT2D eigenvalue weighted by Crippen LogP contribution is 2.22. The summed E-state index contributed by atoms with van der Waals surface area (Å²) in [5, 5.41) is 35.1. The van der Waals surface area contributed by atoms with Gasteiger partial charge in [0, 0.05) is 0 Å². The predicted molar refractivity (Wildman–Crippen MR) is 36.0 cm³/mol. The number of rotatable bonds is 2. The fourth-order valence-electron chi connectivity index (χ4n) is 0.846. The Morgan fingerprint density at radius 1 is 1.14 bits per heavy atom. The number of aliphatic hydroxyl groups excluding tert-OH is 2. The average Bonchev–Trinajstić information content (AvgIpc) is 1.99. The number of carbonyl (C=O) groups is 2. The van der Waals surface area contributed by atoms with Gasteiger partial charge in [-0.3, -0.25) is 9.59 Å². The normalized spacial score (nSPS) is 22.9. The van der Waals surface area contributed by atoms with Gasteiger partial charge in [0.15, 0.2) is 6.29 Å². The smallest absolute Gasteiger partial charge is 0.395 e. The Balaban J connectivity index is 2.82. The molecule has 0 saturated carbocycles. The fraction of sp³-hybridized carbons (Fsp3) is 0.667. The van der Waals surface area contributed by atoms with Crippen LogP contribution in [0.1, 0.15) is 6.42 Å². The topological polar surface area (TPSA) is 134 Å². The molecule has 0 radical (unpaired) electrons. The van der Waals surface area contributed by atoms with Crippen molar-refractivity contribution in [3.63, 3.8) is 0 Å². The molecule has 1 fully saturated rings. The Morgan fingerprint density at radius 3 is 1.93 bits per heavy atom. The van der Waals surface area contributed by atoms with Gasteiger partial charge in [-0.25, -0.2) is 0 Å². The summed E-state index contributed by atoms with van der Waals surface area (Å²) < 4.78 is 8.14. The van der Waals surface area contributed by atoms with Crippen LogP contribution in [0.2, 0.25) is 0 Å². The molecule has 8 heteroatoms. The van der Waals surface area contributed by atoms with E-state index in [9.17, 15) is 14.7 Å². The summed E-state index contributed by atoms with van der Waals surface area (Å²) in [6.45, 7) is 0. The molecular formula is C6H8O8. The first-order chi connectivity index (χ1) is 6.35. The number of hydrogen-bond acceptors (Lipinski definition) is 8. The zero-order chi connectivity index (χ0) is 10.9. The van der Waals surface area contributed by atoms with Crippen molar-refractivity contribution in [3.05, 3.63) is 0 Å². The van der Waals surface area contributed by atoms with Crippen LogP contribution >= 0.6 is 0 Å².